The molecule has 0 saturated heterocycles. The number of imidazole rings is 1. The van der Waals surface area contributed by atoms with Gasteiger partial charge in [-0.05, 0) is 48.0 Å². The lowest BCUT2D eigenvalue weighted by Crippen LogP contribution is -2.03. The molecule has 0 spiro atoms. The minimum absolute atomic E-state index is 0.366. The molecule has 6 nitrogen and oxygen atoms in total. The van der Waals surface area contributed by atoms with Crippen LogP contribution in [0.2, 0.25) is 0 Å². The van der Waals surface area contributed by atoms with E-state index in [-0.39, 0.29) is 0 Å². The Labute approximate surface area is 242 Å². The lowest BCUT2D eigenvalue weighted by molar-refractivity contribution is 0.127. The number of methoxy groups -OCH3 is 2. The van der Waals surface area contributed by atoms with Crippen molar-refractivity contribution in [2.45, 2.75) is 23.3 Å². The third kappa shape index (κ3) is 4.53. The molecule has 0 aliphatic carbocycles. The van der Waals surface area contributed by atoms with E-state index in [0.717, 1.165) is 60.0 Å². The third-order valence-corrected chi connectivity index (χ3v) is 8.31. The van der Waals surface area contributed by atoms with Gasteiger partial charge in [-0.1, -0.05) is 78.5 Å². The van der Waals surface area contributed by atoms with Gasteiger partial charge < -0.3 is 14.0 Å². The van der Waals surface area contributed by atoms with E-state index in [1.807, 2.05) is 36.4 Å². The van der Waals surface area contributed by atoms with Gasteiger partial charge in [0.25, 0.3) is 0 Å². The van der Waals surface area contributed by atoms with Crippen molar-refractivity contribution in [3.05, 3.63) is 115 Å². The second kappa shape index (κ2) is 10.8. The van der Waals surface area contributed by atoms with E-state index in [4.69, 9.17) is 19.4 Å². The average Bonchev–Trinajstić information content (AvgIpc) is 3.53. The average molecular weight is 557 g/mol. The molecule has 0 fully saturated rings. The van der Waals surface area contributed by atoms with E-state index in [9.17, 15) is 0 Å². The highest BCUT2D eigenvalue weighted by Crippen LogP contribution is 2.41. The molecule has 7 rings (SSSR count). The summed E-state index contributed by atoms with van der Waals surface area (Å²) in [6.45, 7) is 1.07. The van der Waals surface area contributed by atoms with Crippen molar-refractivity contribution in [3.8, 4) is 17.0 Å². The molecule has 0 bridgehead atoms. The molecule has 0 atom stereocenters. The number of rotatable bonds is 8. The Morgan fingerprint density at radius 3 is 2.17 bits per heavy atom. The summed E-state index contributed by atoms with van der Waals surface area (Å²) in [5.74, 6) is 0.800. The summed E-state index contributed by atoms with van der Waals surface area (Å²) in [4.78, 5) is 11.7. The largest absolute Gasteiger partial charge is 0.497 e. The Bertz CT molecular complexity index is 1980. The molecule has 3 heterocycles. The molecule has 0 unspecified atom stereocenters. The van der Waals surface area contributed by atoms with Crippen molar-refractivity contribution in [2.24, 2.45) is 0 Å². The van der Waals surface area contributed by atoms with Gasteiger partial charge in [0, 0.05) is 29.5 Å². The molecule has 0 saturated carbocycles. The summed E-state index contributed by atoms with van der Waals surface area (Å²) < 4.78 is 15.7. The summed E-state index contributed by atoms with van der Waals surface area (Å²) >= 11 is 1.63. The van der Waals surface area contributed by atoms with Crippen LogP contribution in [0.1, 0.15) is 5.56 Å². The zero-order valence-corrected chi connectivity index (χ0v) is 23.6. The van der Waals surface area contributed by atoms with Gasteiger partial charge in [-0.25, -0.2) is 9.97 Å². The zero-order valence-electron chi connectivity index (χ0n) is 22.8. The summed E-state index contributed by atoms with van der Waals surface area (Å²) in [7, 11) is 3.41. The smallest absolute Gasteiger partial charge is 0.175 e. The zero-order chi connectivity index (χ0) is 27.8. The fourth-order valence-electron chi connectivity index (χ4n) is 5.45. The number of ether oxygens (including phenoxy) is 2. The molecule has 0 aliphatic heterocycles. The maximum atomic E-state index is 5.78. The molecule has 4 aromatic carbocycles. The first-order valence-corrected chi connectivity index (χ1v) is 14.3. The number of aromatic nitrogens is 4. The molecule has 41 heavy (non-hydrogen) atoms. The summed E-state index contributed by atoms with van der Waals surface area (Å²) in [6.07, 6.45) is 0. The lowest BCUT2D eigenvalue weighted by Gasteiger charge is -2.11. The van der Waals surface area contributed by atoms with Crippen LogP contribution in [-0.2, 0) is 18.0 Å². The van der Waals surface area contributed by atoms with E-state index < -0.39 is 0 Å². The number of benzene rings is 4. The molecule has 0 N–H and O–H groups in total. The highest BCUT2D eigenvalue weighted by Gasteiger charge is 2.24. The first-order valence-electron chi connectivity index (χ1n) is 13.5. The van der Waals surface area contributed by atoms with Crippen LogP contribution in [0.25, 0.3) is 44.2 Å². The summed E-state index contributed by atoms with van der Waals surface area (Å²) in [5, 5.41) is 3.08. The molecule has 0 radical (unpaired) electrons. The van der Waals surface area contributed by atoms with E-state index in [2.05, 4.69) is 81.9 Å². The lowest BCUT2D eigenvalue weighted by atomic mass is 10.1. The van der Waals surface area contributed by atoms with Crippen LogP contribution in [0.3, 0.4) is 0 Å². The first-order chi connectivity index (χ1) is 20.2. The SMILES string of the molecule is COCn1c(Sc2ccccc2)nc2c(-c3ccc(OC)cc3)nc3c(c4ccccc4n3Cc3ccccc3)c21. The highest BCUT2D eigenvalue weighted by molar-refractivity contribution is 7.99. The van der Waals surface area contributed by atoms with Crippen LogP contribution in [0.4, 0.5) is 0 Å². The predicted octanol–water partition coefficient (Wildman–Crippen LogP) is 8.02. The van der Waals surface area contributed by atoms with Gasteiger partial charge in [0.05, 0.1) is 23.5 Å². The van der Waals surface area contributed by atoms with Crippen molar-refractivity contribution >= 4 is 44.7 Å². The maximum absolute atomic E-state index is 5.78. The van der Waals surface area contributed by atoms with Gasteiger partial charge in [-0.3, -0.25) is 4.57 Å². The van der Waals surface area contributed by atoms with Gasteiger partial charge in [-0.2, -0.15) is 0 Å². The number of hydrogen-bond acceptors (Lipinski definition) is 5. The van der Waals surface area contributed by atoms with E-state index in [1.165, 1.54) is 5.56 Å². The van der Waals surface area contributed by atoms with E-state index in [0.29, 0.717) is 13.3 Å². The second-order valence-electron chi connectivity index (χ2n) is 9.83. The van der Waals surface area contributed by atoms with Crippen molar-refractivity contribution in [2.75, 3.05) is 14.2 Å². The Morgan fingerprint density at radius 1 is 0.732 bits per heavy atom. The Hall–Kier alpha value is -4.59. The molecular weight excluding hydrogens is 528 g/mol. The van der Waals surface area contributed by atoms with Crippen molar-refractivity contribution in [1.82, 2.24) is 19.1 Å². The minimum Gasteiger partial charge on any atom is -0.497 e. The normalized spacial score (nSPS) is 11.6. The number of pyridine rings is 1. The monoisotopic (exact) mass is 556 g/mol. The highest BCUT2D eigenvalue weighted by atomic mass is 32.2. The van der Waals surface area contributed by atoms with E-state index in [1.54, 1.807) is 26.0 Å². The first kappa shape index (κ1) is 25.4. The molecule has 202 valence electrons. The maximum Gasteiger partial charge on any atom is 0.175 e. The van der Waals surface area contributed by atoms with Gasteiger partial charge in [0.1, 0.15) is 29.3 Å². The Balaban J connectivity index is 1.58. The second-order valence-corrected chi connectivity index (χ2v) is 10.9. The van der Waals surface area contributed by atoms with Gasteiger partial charge in [0.15, 0.2) is 5.16 Å². The standard InChI is InChI=1S/C34H28N4O2S/c1-39-22-38-32-29-27-15-9-10-16-28(27)37(21-23-11-5-3-6-12-23)33(29)35-30(24-17-19-25(40-2)20-18-24)31(32)36-34(38)41-26-13-7-4-8-14-26/h3-20H,21-22H2,1-2H3. The van der Waals surface area contributed by atoms with Crippen molar-refractivity contribution in [1.29, 1.82) is 0 Å². The van der Waals surface area contributed by atoms with E-state index >= 15 is 0 Å². The third-order valence-electron chi connectivity index (χ3n) is 7.31. The number of fused-ring (bicyclic) bond motifs is 5. The number of para-hydroxylation sites is 1. The van der Waals surface area contributed by atoms with Crippen LogP contribution in [0, 0.1) is 0 Å². The molecular formula is C34H28N4O2S. The molecule has 0 aliphatic rings. The number of nitrogens with zero attached hydrogens (tertiary/aromatic N) is 4. The van der Waals surface area contributed by atoms with Gasteiger partial charge in [0.2, 0.25) is 0 Å². The van der Waals surface area contributed by atoms with Crippen LogP contribution in [-0.4, -0.2) is 33.3 Å². The van der Waals surface area contributed by atoms with Crippen LogP contribution in [0.5, 0.6) is 5.75 Å². The summed E-state index contributed by atoms with van der Waals surface area (Å²) in [6, 6.07) is 37.4. The fraction of sp³-hybridized carbons (Fsp3) is 0.118. The molecule has 7 aromatic rings. The number of hydrogen-bond donors (Lipinski definition) is 0. The fourth-order valence-corrected chi connectivity index (χ4v) is 6.34. The van der Waals surface area contributed by atoms with Gasteiger partial charge >= 0.3 is 0 Å². The van der Waals surface area contributed by atoms with Crippen LogP contribution >= 0.6 is 11.8 Å². The van der Waals surface area contributed by atoms with Gasteiger partial charge in [-0.15, -0.1) is 0 Å². The topological polar surface area (TPSA) is 54.1 Å². The predicted molar refractivity (Wildman–Crippen MR) is 166 cm³/mol. The molecule has 7 heteroatoms. The summed E-state index contributed by atoms with van der Waals surface area (Å²) in [5.41, 5.74) is 6.94. The minimum atomic E-state index is 0.366. The molecule has 0 amide bonds. The van der Waals surface area contributed by atoms with Crippen LogP contribution < -0.4 is 4.74 Å². The van der Waals surface area contributed by atoms with Crippen LogP contribution in [0.15, 0.2) is 119 Å². The quantitative estimate of drug-likeness (QED) is 0.190. The Morgan fingerprint density at radius 2 is 1.44 bits per heavy atom. The molecule has 3 aromatic heterocycles. The Kier molecular flexibility index (Phi) is 6.66. The van der Waals surface area contributed by atoms with Crippen molar-refractivity contribution in [3.63, 3.8) is 0 Å². The van der Waals surface area contributed by atoms with Crippen molar-refractivity contribution < 1.29 is 9.47 Å².